The minimum absolute atomic E-state index is 0.119. The second-order valence-corrected chi connectivity index (χ2v) is 7.42. The van der Waals surface area contributed by atoms with Crippen LogP contribution in [0.4, 0.5) is 10.5 Å². The predicted molar refractivity (Wildman–Crippen MR) is 109 cm³/mol. The second-order valence-electron chi connectivity index (χ2n) is 7.42. The third-order valence-electron chi connectivity index (χ3n) is 5.36. The normalized spacial score (nSPS) is 17.0. The summed E-state index contributed by atoms with van der Waals surface area (Å²) in [6.45, 7) is 5.11. The minimum atomic E-state index is -0.136. The molecule has 0 radical (unpaired) electrons. The van der Waals surface area contributed by atoms with Crippen LogP contribution in [-0.2, 0) is 13.1 Å². The Kier molecular flexibility index (Phi) is 5.58. The molecule has 6 nitrogen and oxygen atoms in total. The minimum Gasteiger partial charge on any atom is -0.348 e. The van der Waals surface area contributed by atoms with Gasteiger partial charge in [0.05, 0.1) is 0 Å². The van der Waals surface area contributed by atoms with E-state index in [4.69, 9.17) is 0 Å². The molecule has 0 aliphatic carbocycles. The summed E-state index contributed by atoms with van der Waals surface area (Å²) in [6.07, 6.45) is 2.60. The quantitative estimate of drug-likeness (QED) is 0.812. The maximum atomic E-state index is 12.5. The van der Waals surface area contributed by atoms with Gasteiger partial charge in [-0.05, 0) is 55.3 Å². The summed E-state index contributed by atoms with van der Waals surface area (Å²) < 4.78 is 0. The Bertz CT molecular complexity index is 844. The molecule has 0 unspecified atom stereocenters. The van der Waals surface area contributed by atoms with Crippen LogP contribution in [0.5, 0.6) is 0 Å². The number of likely N-dealkylation sites (tertiary alicyclic amines) is 1. The molecular weight excluding hydrogens is 352 g/mol. The highest BCUT2D eigenvalue weighted by molar-refractivity contribution is 5.98. The Labute approximate surface area is 165 Å². The van der Waals surface area contributed by atoms with Gasteiger partial charge in [-0.1, -0.05) is 30.3 Å². The summed E-state index contributed by atoms with van der Waals surface area (Å²) in [7, 11) is 0. The van der Waals surface area contributed by atoms with Gasteiger partial charge in [0.15, 0.2) is 0 Å². The summed E-state index contributed by atoms with van der Waals surface area (Å²) in [5, 5.41) is 5.74. The number of nitrogens with zero attached hydrogens (tertiary/aromatic N) is 2. The molecule has 2 N–H and O–H groups in total. The molecule has 0 aromatic heterocycles. The van der Waals surface area contributed by atoms with Crippen molar-refractivity contribution in [1.29, 1.82) is 0 Å². The zero-order chi connectivity index (χ0) is 19.3. The summed E-state index contributed by atoms with van der Waals surface area (Å²) in [5.74, 6) is -0.136. The smallest absolute Gasteiger partial charge is 0.321 e. The van der Waals surface area contributed by atoms with Crippen LogP contribution in [0.1, 0.15) is 34.3 Å². The molecule has 0 saturated carbocycles. The number of anilines is 1. The SMILES string of the molecule is O=C(NCc1ccc(CN2CCCC2)cc1)c1cccc(N2CCNC2=O)c1. The van der Waals surface area contributed by atoms with Crippen LogP contribution >= 0.6 is 0 Å². The van der Waals surface area contributed by atoms with Crippen molar-refractivity contribution in [2.45, 2.75) is 25.9 Å². The van der Waals surface area contributed by atoms with E-state index in [-0.39, 0.29) is 11.9 Å². The Hall–Kier alpha value is -2.86. The van der Waals surface area contributed by atoms with E-state index in [2.05, 4.69) is 39.8 Å². The summed E-state index contributed by atoms with van der Waals surface area (Å²) in [6, 6.07) is 15.5. The van der Waals surface area contributed by atoms with Crippen molar-refractivity contribution in [3.63, 3.8) is 0 Å². The van der Waals surface area contributed by atoms with Gasteiger partial charge in [0.2, 0.25) is 0 Å². The largest absolute Gasteiger partial charge is 0.348 e. The standard InChI is InChI=1S/C22H26N4O2/c27-21(19-4-3-5-20(14-19)26-13-10-23-22(26)28)24-15-17-6-8-18(9-7-17)16-25-11-1-2-12-25/h3-9,14H,1-2,10-13,15-16H2,(H,23,28)(H,24,27). The van der Waals surface area contributed by atoms with E-state index in [1.807, 2.05) is 12.1 Å². The molecule has 3 amide bonds. The average molecular weight is 378 g/mol. The molecular formula is C22H26N4O2. The maximum absolute atomic E-state index is 12.5. The number of carbonyl (C=O) groups is 2. The molecule has 2 saturated heterocycles. The fourth-order valence-electron chi connectivity index (χ4n) is 3.78. The highest BCUT2D eigenvalue weighted by Gasteiger charge is 2.21. The highest BCUT2D eigenvalue weighted by atomic mass is 16.2. The molecule has 4 rings (SSSR count). The van der Waals surface area contributed by atoms with Crippen LogP contribution in [-0.4, -0.2) is 43.0 Å². The molecule has 2 heterocycles. The van der Waals surface area contributed by atoms with Crippen molar-refractivity contribution >= 4 is 17.6 Å². The average Bonchev–Trinajstić information content (AvgIpc) is 3.39. The van der Waals surface area contributed by atoms with E-state index in [9.17, 15) is 9.59 Å². The van der Waals surface area contributed by atoms with Crippen molar-refractivity contribution in [3.05, 3.63) is 65.2 Å². The van der Waals surface area contributed by atoms with E-state index in [0.29, 0.717) is 25.2 Å². The Morgan fingerprint density at radius 1 is 1.00 bits per heavy atom. The summed E-state index contributed by atoms with van der Waals surface area (Å²) >= 11 is 0. The van der Waals surface area contributed by atoms with E-state index >= 15 is 0 Å². The zero-order valence-corrected chi connectivity index (χ0v) is 16.0. The molecule has 146 valence electrons. The van der Waals surface area contributed by atoms with Gasteiger partial charge >= 0.3 is 6.03 Å². The van der Waals surface area contributed by atoms with E-state index < -0.39 is 0 Å². The number of amides is 3. The first kappa shape index (κ1) is 18.5. The number of rotatable bonds is 6. The number of nitrogens with one attached hydrogen (secondary N) is 2. The summed E-state index contributed by atoms with van der Waals surface area (Å²) in [5.41, 5.74) is 3.69. The fourth-order valence-corrected chi connectivity index (χ4v) is 3.78. The van der Waals surface area contributed by atoms with Gasteiger partial charge in [-0.25, -0.2) is 4.79 Å². The van der Waals surface area contributed by atoms with E-state index in [0.717, 1.165) is 17.8 Å². The lowest BCUT2D eigenvalue weighted by molar-refractivity contribution is 0.0951. The molecule has 2 aliphatic rings. The van der Waals surface area contributed by atoms with Crippen molar-refractivity contribution in [2.75, 3.05) is 31.1 Å². The van der Waals surface area contributed by atoms with Crippen LogP contribution in [0.25, 0.3) is 0 Å². The lowest BCUT2D eigenvalue weighted by atomic mass is 10.1. The summed E-state index contributed by atoms with van der Waals surface area (Å²) in [4.78, 5) is 28.5. The Morgan fingerprint density at radius 2 is 1.75 bits per heavy atom. The highest BCUT2D eigenvalue weighted by Crippen LogP contribution is 2.18. The van der Waals surface area contributed by atoms with Crippen LogP contribution in [0.15, 0.2) is 48.5 Å². The van der Waals surface area contributed by atoms with Gasteiger partial charge in [0.25, 0.3) is 5.91 Å². The number of urea groups is 1. The van der Waals surface area contributed by atoms with Crippen LogP contribution in [0.2, 0.25) is 0 Å². The first-order valence-electron chi connectivity index (χ1n) is 9.93. The monoisotopic (exact) mass is 378 g/mol. The Morgan fingerprint density at radius 3 is 2.46 bits per heavy atom. The lowest BCUT2D eigenvalue weighted by Gasteiger charge is -2.15. The molecule has 2 aromatic rings. The van der Waals surface area contributed by atoms with Crippen molar-refractivity contribution in [2.24, 2.45) is 0 Å². The van der Waals surface area contributed by atoms with E-state index in [1.54, 1.807) is 17.0 Å². The first-order valence-corrected chi connectivity index (χ1v) is 9.93. The number of hydrogen-bond donors (Lipinski definition) is 2. The second kappa shape index (κ2) is 8.44. The van der Waals surface area contributed by atoms with Crippen LogP contribution in [0.3, 0.4) is 0 Å². The number of carbonyl (C=O) groups excluding carboxylic acids is 2. The zero-order valence-electron chi connectivity index (χ0n) is 16.0. The van der Waals surface area contributed by atoms with Gasteiger partial charge in [0.1, 0.15) is 0 Å². The molecule has 2 aromatic carbocycles. The van der Waals surface area contributed by atoms with Crippen LogP contribution < -0.4 is 15.5 Å². The van der Waals surface area contributed by atoms with Crippen molar-refractivity contribution in [1.82, 2.24) is 15.5 Å². The van der Waals surface area contributed by atoms with Crippen LogP contribution in [0, 0.1) is 0 Å². The topological polar surface area (TPSA) is 64.7 Å². The third-order valence-corrected chi connectivity index (χ3v) is 5.36. The molecule has 0 spiro atoms. The lowest BCUT2D eigenvalue weighted by Crippen LogP contribution is -2.28. The number of benzene rings is 2. The maximum Gasteiger partial charge on any atom is 0.321 e. The molecule has 0 atom stereocenters. The fraction of sp³-hybridized carbons (Fsp3) is 0.364. The van der Waals surface area contributed by atoms with Gasteiger partial charge in [-0.2, -0.15) is 0 Å². The molecule has 2 fully saturated rings. The Balaban J connectivity index is 1.33. The molecule has 0 bridgehead atoms. The number of hydrogen-bond acceptors (Lipinski definition) is 3. The van der Waals surface area contributed by atoms with E-state index in [1.165, 1.54) is 31.5 Å². The molecule has 2 aliphatic heterocycles. The molecule has 28 heavy (non-hydrogen) atoms. The third kappa shape index (κ3) is 4.34. The first-order chi connectivity index (χ1) is 13.7. The van der Waals surface area contributed by atoms with Gasteiger partial charge in [-0.3, -0.25) is 14.6 Å². The van der Waals surface area contributed by atoms with Gasteiger partial charge < -0.3 is 10.6 Å². The van der Waals surface area contributed by atoms with Gasteiger partial charge in [-0.15, -0.1) is 0 Å². The molecule has 6 heteroatoms. The van der Waals surface area contributed by atoms with Crippen molar-refractivity contribution < 1.29 is 9.59 Å². The predicted octanol–water partition coefficient (Wildman–Crippen LogP) is 2.74. The van der Waals surface area contributed by atoms with Gasteiger partial charge in [0, 0.05) is 37.4 Å². The van der Waals surface area contributed by atoms with Crippen molar-refractivity contribution in [3.8, 4) is 0 Å².